The van der Waals surface area contributed by atoms with Gasteiger partial charge in [-0.2, -0.15) is 17.9 Å². The number of sulfonamides is 1. The maximum Gasteiger partial charge on any atom is 0.490 e. The molecule has 0 aliphatic rings. The lowest BCUT2D eigenvalue weighted by atomic mass is 10.1. The number of hydrogen-bond donors (Lipinski definition) is 5. The van der Waals surface area contributed by atoms with Crippen molar-refractivity contribution in [3.05, 3.63) is 59.7 Å². The van der Waals surface area contributed by atoms with Gasteiger partial charge in [0, 0.05) is 6.42 Å². The van der Waals surface area contributed by atoms with Gasteiger partial charge in [0.2, 0.25) is 16.0 Å². The van der Waals surface area contributed by atoms with Crippen LogP contribution in [0.5, 0.6) is 5.75 Å². The Morgan fingerprint density at radius 1 is 0.976 bits per heavy atom. The normalized spacial score (nSPS) is 11.9. The van der Waals surface area contributed by atoms with Crippen LogP contribution in [0.3, 0.4) is 0 Å². The van der Waals surface area contributed by atoms with Crippen LogP contribution in [0.1, 0.15) is 37.3 Å². The third kappa shape index (κ3) is 14.2. The molecule has 228 valence electrons. The number of carbonyl (C=O) groups is 2. The number of carboxylic acid groups (broad SMARTS) is 2. The molecule has 0 saturated heterocycles. The number of alkyl halides is 3. The third-order valence-electron chi connectivity index (χ3n) is 5.07. The number of nitrogens with zero attached hydrogens (tertiary/aromatic N) is 1. The van der Waals surface area contributed by atoms with Crippen LogP contribution >= 0.6 is 0 Å². The highest BCUT2D eigenvalue weighted by molar-refractivity contribution is 7.89. The van der Waals surface area contributed by atoms with Crippen molar-refractivity contribution in [3.63, 3.8) is 0 Å². The number of unbranched alkanes of at least 4 members (excludes halogenated alkanes) is 1. The first-order valence-corrected chi connectivity index (χ1v) is 13.7. The molecule has 1 atom stereocenters. The summed E-state index contributed by atoms with van der Waals surface area (Å²) in [4.78, 5) is 25.5. The van der Waals surface area contributed by atoms with Crippen molar-refractivity contribution in [2.75, 3.05) is 13.2 Å². The first-order chi connectivity index (χ1) is 19.2. The summed E-state index contributed by atoms with van der Waals surface area (Å²) < 4.78 is 65.0. The topological polar surface area (TPSA) is 204 Å². The fourth-order valence-corrected chi connectivity index (χ4v) is 4.23. The molecule has 0 spiro atoms. The Balaban J connectivity index is 0.00000106. The zero-order valence-electron chi connectivity index (χ0n) is 22.1. The highest BCUT2D eigenvalue weighted by Crippen LogP contribution is 2.17. The van der Waals surface area contributed by atoms with E-state index in [1.807, 2.05) is 0 Å². The fourth-order valence-electron chi connectivity index (χ4n) is 3.04. The molecule has 0 heterocycles. The highest BCUT2D eigenvalue weighted by atomic mass is 32.2. The second-order valence-corrected chi connectivity index (χ2v) is 10.2. The lowest BCUT2D eigenvalue weighted by Gasteiger charge is -2.15. The predicted molar refractivity (Wildman–Crippen MR) is 143 cm³/mol. The molecule has 0 aromatic heterocycles. The Labute approximate surface area is 235 Å². The van der Waals surface area contributed by atoms with E-state index >= 15 is 0 Å². The van der Waals surface area contributed by atoms with E-state index in [0.717, 1.165) is 24.8 Å². The van der Waals surface area contributed by atoms with Crippen LogP contribution in [0, 0.1) is 0 Å². The molecule has 2 aromatic carbocycles. The average molecular weight is 607 g/mol. The summed E-state index contributed by atoms with van der Waals surface area (Å²) in [5, 5.41) is 20.1. The monoisotopic (exact) mass is 606 g/mol. The average Bonchev–Trinajstić information content (AvgIpc) is 2.89. The van der Waals surface area contributed by atoms with Gasteiger partial charge in [-0.25, -0.2) is 13.2 Å². The van der Waals surface area contributed by atoms with Crippen LogP contribution in [-0.4, -0.2) is 62.0 Å². The van der Waals surface area contributed by atoms with Crippen LogP contribution in [-0.2, 0) is 37.3 Å². The molecule has 0 saturated carbocycles. The molecule has 0 bridgehead atoms. The summed E-state index contributed by atoms with van der Waals surface area (Å²) in [6.07, 6.45) is -1.61. The molecule has 41 heavy (non-hydrogen) atoms. The molecule has 0 amide bonds. The maximum absolute atomic E-state index is 12.7. The van der Waals surface area contributed by atoms with Crippen molar-refractivity contribution in [3.8, 4) is 5.75 Å². The van der Waals surface area contributed by atoms with Crippen molar-refractivity contribution in [2.24, 2.45) is 16.6 Å². The van der Waals surface area contributed by atoms with Crippen LogP contribution in [0.2, 0.25) is 0 Å². The molecule has 7 N–H and O–H groups in total. The van der Waals surface area contributed by atoms with E-state index in [-0.39, 0.29) is 23.9 Å². The Kier molecular flexibility index (Phi) is 14.4. The summed E-state index contributed by atoms with van der Waals surface area (Å²) in [5.41, 5.74) is 12.0. The Morgan fingerprint density at radius 2 is 1.54 bits per heavy atom. The SMILES string of the molecule is CCCCc1ccc(S(=O)(=O)N[C@@H](Cc2ccc(OCCCON=C(N)N)cc2)C(=O)O)cc1.O=C(O)C(F)(F)F. The smallest absolute Gasteiger partial charge is 0.490 e. The predicted octanol–water partition coefficient (Wildman–Crippen LogP) is 2.61. The molecule has 12 nitrogen and oxygen atoms in total. The van der Waals surface area contributed by atoms with Gasteiger partial charge in [-0.15, -0.1) is 0 Å². The lowest BCUT2D eigenvalue weighted by Crippen LogP contribution is -2.42. The van der Waals surface area contributed by atoms with Crippen LogP contribution < -0.4 is 20.9 Å². The minimum atomic E-state index is -5.08. The largest absolute Gasteiger partial charge is 0.493 e. The molecule has 0 aliphatic heterocycles. The van der Waals surface area contributed by atoms with E-state index in [1.165, 1.54) is 12.1 Å². The van der Waals surface area contributed by atoms with E-state index in [1.54, 1.807) is 36.4 Å². The van der Waals surface area contributed by atoms with Crippen molar-refractivity contribution in [1.29, 1.82) is 0 Å². The molecule has 0 aliphatic carbocycles. The van der Waals surface area contributed by atoms with Gasteiger partial charge in [-0.3, -0.25) is 4.79 Å². The first kappa shape index (κ1) is 35.0. The quantitative estimate of drug-likeness (QED) is 0.0867. The third-order valence-corrected chi connectivity index (χ3v) is 6.56. The molecule has 16 heteroatoms. The molecule has 2 rings (SSSR count). The number of nitrogens with one attached hydrogen (secondary N) is 1. The minimum absolute atomic E-state index is 0.0181. The number of rotatable bonds is 15. The molecular weight excluding hydrogens is 573 g/mol. The number of guanidine groups is 1. The highest BCUT2D eigenvalue weighted by Gasteiger charge is 2.38. The van der Waals surface area contributed by atoms with Gasteiger partial charge < -0.3 is 31.3 Å². The zero-order valence-corrected chi connectivity index (χ0v) is 23.0. The number of halogens is 3. The zero-order chi connectivity index (χ0) is 31.1. The summed E-state index contributed by atoms with van der Waals surface area (Å²) in [7, 11) is -3.99. The van der Waals surface area contributed by atoms with Gasteiger partial charge in [0.05, 0.1) is 11.5 Å². The molecule has 2 aromatic rings. The van der Waals surface area contributed by atoms with Gasteiger partial charge in [-0.05, 0) is 59.8 Å². The molecule has 0 fully saturated rings. The minimum Gasteiger partial charge on any atom is -0.493 e. The number of aliphatic carboxylic acids is 2. The van der Waals surface area contributed by atoms with Crippen LogP contribution in [0.15, 0.2) is 58.6 Å². The van der Waals surface area contributed by atoms with Gasteiger partial charge in [-0.1, -0.05) is 37.6 Å². The van der Waals surface area contributed by atoms with E-state index in [9.17, 15) is 31.5 Å². The maximum atomic E-state index is 12.7. The second kappa shape index (κ2) is 16.9. The summed E-state index contributed by atoms with van der Waals surface area (Å²) >= 11 is 0. The standard InChI is InChI=1S/C23H32N4O6S.C2HF3O2/c1-2-3-5-17-8-12-20(13-9-17)34(30,31)27-21(22(28)29)16-18-6-10-19(11-7-18)32-14-4-15-33-26-23(24)25;3-2(4,5)1(6)7/h6-13,21,27H,2-5,14-16H2,1H3,(H,28,29)(H4,24,25,26);(H,6,7)/t21-;/m0./s1. The van der Waals surface area contributed by atoms with Crippen molar-refractivity contribution in [2.45, 2.75) is 56.1 Å². The van der Waals surface area contributed by atoms with E-state index in [0.29, 0.717) is 24.3 Å². The van der Waals surface area contributed by atoms with Crippen LogP contribution in [0.4, 0.5) is 13.2 Å². The fraction of sp³-hybridized carbons (Fsp3) is 0.400. The number of ether oxygens (including phenoxy) is 1. The Hall–Kier alpha value is -4.05. The van der Waals surface area contributed by atoms with Crippen molar-refractivity contribution < 1.29 is 51.0 Å². The Morgan fingerprint density at radius 3 is 2.02 bits per heavy atom. The number of carboxylic acids is 2. The summed E-state index contributed by atoms with van der Waals surface area (Å²) in [6.45, 7) is 2.75. The van der Waals surface area contributed by atoms with Crippen molar-refractivity contribution in [1.82, 2.24) is 4.72 Å². The number of oxime groups is 1. The molecular formula is C25H33F3N4O8S. The molecule has 0 radical (unpaired) electrons. The number of aryl methyl sites for hydroxylation is 1. The second-order valence-electron chi connectivity index (χ2n) is 8.46. The van der Waals surface area contributed by atoms with E-state index < -0.39 is 34.2 Å². The van der Waals surface area contributed by atoms with Crippen molar-refractivity contribution >= 4 is 27.9 Å². The number of benzene rings is 2. The molecule has 0 unspecified atom stereocenters. The van der Waals surface area contributed by atoms with Gasteiger partial charge in [0.1, 0.15) is 18.4 Å². The summed E-state index contributed by atoms with van der Waals surface area (Å²) in [5.74, 6) is -3.59. The lowest BCUT2D eigenvalue weighted by molar-refractivity contribution is -0.192. The number of hydrogen-bond acceptors (Lipinski definition) is 7. The van der Waals surface area contributed by atoms with Gasteiger partial charge in [0.25, 0.3) is 0 Å². The Bertz CT molecular complexity index is 1230. The van der Waals surface area contributed by atoms with E-state index in [4.69, 9.17) is 30.9 Å². The number of nitrogens with two attached hydrogens (primary N) is 2. The van der Waals surface area contributed by atoms with Gasteiger partial charge in [0.15, 0.2) is 0 Å². The van der Waals surface area contributed by atoms with Gasteiger partial charge >= 0.3 is 18.1 Å². The first-order valence-electron chi connectivity index (χ1n) is 12.2. The summed E-state index contributed by atoms with van der Waals surface area (Å²) in [6, 6.07) is 12.0. The van der Waals surface area contributed by atoms with Crippen LogP contribution in [0.25, 0.3) is 0 Å². The van der Waals surface area contributed by atoms with E-state index in [2.05, 4.69) is 16.8 Å².